The number of aromatic nitrogens is 4. The van der Waals surface area contributed by atoms with Gasteiger partial charge < -0.3 is 9.64 Å². The van der Waals surface area contributed by atoms with Gasteiger partial charge in [0, 0.05) is 24.5 Å². The Kier molecular flexibility index (Phi) is 3.32. The molecule has 28 heavy (non-hydrogen) atoms. The standard InChI is InChI=1S/C22H25N5O/c1-3-14-16-10-27(11-17(14)16)20-9-19(23-12-24-20)21-15-8-13(28-22(2)6-7-22)4-5-18(15)25-26-21/h4-5,8-9,12,14,16-17H,3,6-7,10-11H2,1-2H3,(H,25,26)/t14?,16-,17+. The number of H-pyrrole nitrogens is 1. The Bertz CT molecular complexity index is 1040. The van der Waals surface area contributed by atoms with Gasteiger partial charge in [0.15, 0.2) is 0 Å². The number of rotatable bonds is 5. The Morgan fingerprint density at radius 3 is 2.75 bits per heavy atom. The molecule has 1 unspecified atom stereocenters. The van der Waals surface area contributed by atoms with Gasteiger partial charge in [-0.1, -0.05) is 13.3 Å². The van der Waals surface area contributed by atoms with Crippen LogP contribution in [0.4, 0.5) is 5.82 Å². The number of nitrogens with one attached hydrogen (secondary N) is 1. The van der Waals surface area contributed by atoms with Crippen molar-refractivity contribution in [3.05, 3.63) is 30.6 Å². The molecular formula is C22H25N5O. The maximum absolute atomic E-state index is 6.14. The van der Waals surface area contributed by atoms with Gasteiger partial charge in [-0.15, -0.1) is 0 Å². The summed E-state index contributed by atoms with van der Waals surface area (Å²) in [5, 5.41) is 8.72. The lowest BCUT2D eigenvalue weighted by molar-refractivity contribution is 0.200. The third kappa shape index (κ3) is 2.58. The largest absolute Gasteiger partial charge is 0.488 e. The number of aromatic amines is 1. The van der Waals surface area contributed by atoms with Crippen molar-refractivity contribution < 1.29 is 4.74 Å². The number of piperidine rings is 1. The molecule has 3 aliphatic rings. The van der Waals surface area contributed by atoms with Gasteiger partial charge in [-0.2, -0.15) is 5.10 Å². The van der Waals surface area contributed by atoms with E-state index in [0.717, 1.165) is 77.5 Å². The lowest BCUT2D eigenvalue weighted by Crippen LogP contribution is -2.24. The molecule has 3 heterocycles. The normalized spacial score (nSPS) is 27.1. The zero-order valence-electron chi connectivity index (χ0n) is 16.4. The van der Waals surface area contributed by atoms with Crippen LogP contribution in [0.2, 0.25) is 0 Å². The highest BCUT2D eigenvalue weighted by Crippen LogP contribution is 2.54. The molecule has 1 aromatic carbocycles. The summed E-state index contributed by atoms with van der Waals surface area (Å²) < 4.78 is 6.14. The molecule has 0 spiro atoms. The minimum absolute atomic E-state index is 0.00655. The van der Waals surface area contributed by atoms with Gasteiger partial charge in [0.1, 0.15) is 29.2 Å². The summed E-state index contributed by atoms with van der Waals surface area (Å²) in [6, 6.07) is 8.21. The van der Waals surface area contributed by atoms with Crippen molar-refractivity contribution in [2.24, 2.45) is 17.8 Å². The third-order valence-corrected chi connectivity index (χ3v) is 6.91. The minimum atomic E-state index is 0.00655. The lowest BCUT2D eigenvalue weighted by Gasteiger charge is -2.20. The Hall–Kier alpha value is -2.63. The highest BCUT2D eigenvalue weighted by molar-refractivity contribution is 5.93. The van der Waals surface area contributed by atoms with Gasteiger partial charge in [0.05, 0.1) is 11.2 Å². The van der Waals surface area contributed by atoms with E-state index in [1.165, 1.54) is 6.42 Å². The second-order valence-electron chi connectivity index (χ2n) is 8.90. The molecule has 1 N–H and O–H groups in total. The monoisotopic (exact) mass is 375 g/mol. The van der Waals surface area contributed by atoms with Crippen molar-refractivity contribution in [1.82, 2.24) is 20.2 Å². The second-order valence-corrected chi connectivity index (χ2v) is 8.90. The van der Waals surface area contributed by atoms with E-state index < -0.39 is 0 Å². The average Bonchev–Trinajstić information content (AvgIpc) is 3.45. The van der Waals surface area contributed by atoms with Crippen LogP contribution in [0, 0.1) is 17.8 Å². The number of fused-ring (bicyclic) bond motifs is 2. The summed E-state index contributed by atoms with van der Waals surface area (Å²) in [7, 11) is 0. The first-order valence-electron chi connectivity index (χ1n) is 10.4. The molecule has 3 atom stereocenters. The summed E-state index contributed by atoms with van der Waals surface area (Å²) >= 11 is 0. The Morgan fingerprint density at radius 2 is 2.00 bits per heavy atom. The van der Waals surface area contributed by atoms with Crippen LogP contribution in [0.25, 0.3) is 22.3 Å². The molecule has 2 saturated carbocycles. The zero-order valence-corrected chi connectivity index (χ0v) is 16.4. The Balaban J connectivity index is 1.31. The summed E-state index contributed by atoms with van der Waals surface area (Å²) in [4.78, 5) is 11.5. The van der Waals surface area contributed by atoms with Crippen LogP contribution in [0.15, 0.2) is 30.6 Å². The van der Waals surface area contributed by atoms with Crippen LogP contribution in [-0.2, 0) is 0 Å². The minimum Gasteiger partial charge on any atom is -0.488 e. The highest BCUT2D eigenvalue weighted by atomic mass is 16.5. The maximum atomic E-state index is 6.14. The molecule has 6 nitrogen and oxygen atoms in total. The van der Waals surface area contributed by atoms with E-state index in [9.17, 15) is 0 Å². The summed E-state index contributed by atoms with van der Waals surface area (Å²) in [6.07, 6.45) is 5.21. The van der Waals surface area contributed by atoms with E-state index >= 15 is 0 Å². The molecule has 1 saturated heterocycles. The number of ether oxygens (including phenoxy) is 1. The fourth-order valence-corrected chi connectivity index (χ4v) is 4.91. The van der Waals surface area contributed by atoms with Crippen LogP contribution in [0.3, 0.4) is 0 Å². The predicted molar refractivity (Wildman–Crippen MR) is 108 cm³/mol. The topological polar surface area (TPSA) is 66.9 Å². The Labute approximate surface area is 164 Å². The molecule has 6 rings (SSSR count). The number of hydrogen-bond acceptors (Lipinski definition) is 5. The van der Waals surface area contributed by atoms with Crippen molar-refractivity contribution in [3.63, 3.8) is 0 Å². The van der Waals surface area contributed by atoms with E-state index in [1.54, 1.807) is 6.33 Å². The average molecular weight is 375 g/mol. The van der Waals surface area contributed by atoms with Gasteiger partial charge in [-0.05, 0) is 55.7 Å². The molecule has 0 radical (unpaired) electrons. The number of nitrogens with zero attached hydrogens (tertiary/aromatic N) is 4. The van der Waals surface area contributed by atoms with Crippen LogP contribution in [-0.4, -0.2) is 38.9 Å². The molecule has 144 valence electrons. The molecular weight excluding hydrogens is 350 g/mol. The van der Waals surface area contributed by atoms with Gasteiger partial charge >= 0.3 is 0 Å². The van der Waals surface area contributed by atoms with Gasteiger partial charge in [0.2, 0.25) is 0 Å². The quantitative estimate of drug-likeness (QED) is 0.729. The number of anilines is 1. The molecule has 6 heteroatoms. The van der Waals surface area contributed by atoms with Crippen molar-refractivity contribution in [3.8, 4) is 17.1 Å². The summed E-state index contributed by atoms with van der Waals surface area (Å²) in [5.74, 6) is 4.56. The molecule has 3 aromatic rings. The number of hydrogen-bond donors (Lipinski definition) is 1. The lowest BCUT2D eigenvalue weighted by atomic mass is 10.1. The van der Waals surface area contributed by atoms with E-state index in [-0.39, 0.29) is 5.60 Å². The fourth-order valence-electron chi connectivity index (χ4n) is 4.91. The second kappa shape index (κ2) is 5.69. The maximum Gasteiger partial charge on any atom is 0.132 e. The third-order valence-electron chi connectivity index (χ3n) is 6.91. The van der Waals surface area contributed by atoms with Crippen LogP contribution < -0.4 is 9.64 Å². The van der Waals surface area contributed by atoms with Crippen LogP contribution in [0.1, 0.15) is 33.1 Å². The summed E-state index contributed by atoms with van der Waals surface area (Å²) in [6.45, 7) is 6.71. The SMILES string of the molecule is CCC1[C@H]2CN(c3cc(-c4n[nH]c5ccc(OC6(C)CC6)cc45)ncn3)C[C@@H]12. The van der Waals surface area contributed by atoms with E-state index in [1.807, 2.05) is 12.1 Å². The first-order chi connectivity index (χ1) is 13.6. The first-order valence-corrected chi connectivity index (χ1v) is 10.4. The van der Waals surface area contributed by atoms with Gasteiger partial charge in [-0.25, -0.2) is 9.97 Å². The van der Waals surface area contributed by atoms with E-state index in [4.69, 9.17) is 4.74 Å². The van der Waals surface area contributed by atoms with Crippen LogP contribution in [0.5, 0.6) is 5.75 Å². The fraction of sp³-hybridized carbons (Fsp3) is 0.500. The molecule has 1 aliphatic heterocycles. The molecule has 0 bridgehead atoms. The van der Waals surface area contributed by atoms with Crippen LogP contribution >= 0.6 is 0 Å². The Morgan fingerprint density at radius 1 is 1.18 bits per heavy atom. The van der Waals surface area contributed by atoms with E-state index in [2.05, 4.69) is 51.0 Å². The van der Waals surface area contributed by atoms with Gasteiger partial charge in [-0.3, -0.25) is 5.10 Å². The molecule has 2 aromatic heterocycles. The number of benzene rings is 1. The van der Waals surface area contributed by atoms with E-state index in [0.29, 0.717) is 0 Å². The first kappa shape index (κ1) is 16.3. The molecule has 3 fully saturated rings. The molecule has 2 aliphatic carbocycles. The highest BCUT2D eigenvalue weighted by Gasteiger charge is 2.54. The van der Waals surface area contributed by atoms with Crippen molar-refractivity contribution in [2.45, 2.75) is 38.7 Å². The van der Waals surface area contributed by atoms with Crippen molar-refractivity contribution in [1.29, 1.82) is 0 Å². The molecule has 0 amide bonds. The summed E-state index contributed by atoms with van der Waals surface area (Å²) in [5.41, 5.74) is 2.73. The predicted octanol–water partition coefficient (Wildman–Crippen LogP) is 4.04. The van der Waals surface area contributed by atoms with Gasteiger partial charge in [0.25, 0.3) is 0 Å². The zero-order chi connectivity index (χ0) is 18.9. The van der Waals surface area contributed by atoms with Crippen molar-refractivity contribution >= 4 is 16.7 Å². The smallest absolute Gasteiger partial charge is 0.132 e. The van der Waals surface area contributed by atoms with Crippen molar-refractivity contribution in [2.75, 3.05) is 18.0 Å².